The van der Waals surface area contributed by atoms with Crippen LogP contribution in [0.1, 0.15) is 53.0 Å². The number of carbonyl (C=O) groups is 1. The van der Waals surface area contributed by atoms with Gasteiger partial charge >= 0.3 is 0 Å². The van der Waals surface area contributed by atoms with Gasteiger partial charge in [-0.15, -0.1) is 5.10 Å². The molecule has 144 valence electrons. The molecule has 1 amide bonds. The molecule has 1 saturated carbocycles. The van der Waals surface area contributed by atoms with Crippen molar-refractivity contribution in [3.63, 3.8) is 0 Å². The number of aryl methyl sites for hydroxylation is 1. The Bertz CT molecular complexity index is 1040. The Hall–Kier alpha value is -2.67. The maximum Gasteiger partial charge on any atom is 0.259 e. The highest BCUT2D eigenvalue weighted by atomic mass is 35.5. The Balaban J connectivity index is 1.38. The molecule has 2 aromatic heterocycles. The first kappa shape index (κ1) is 17.4. The number of hydrogen-bond acceptors (Lipinski definition) is 5. The van der Waals surface area contributed by atoms with E-state index in [1.807, 2.05) is 34.0 Å². The molecular weight excluding hydrogens is 378 g/mol. The standard InChI is InChI=1S/C20H20ClN5O2/c1-12-18(19(23-28-12)15-4-2-3-5-16(15)21)20(27)25-9-8-14(10-25)26-11-17(22-24-26)13-6-7-13/h2-5,11,13-14H,6-10H2,1H3/t14-/m0/s1. The van der Waals surface area contributed by atoms with Crippen molar-refractivity contribution in [1.82, 2.24) is 25.1 Å². The summed E-state index contributed by atoms with van der Waals surface area (Å²) in [6.07, 6.45) is 5.29. The fraction of sp³-hybridized carbons (Fsp3) is 0.400. The molecule has 2 fully saturated rings. The number of hydrogen-bond donors (Lipinski definition) is 0. The molecule has 1 aliphatic heterocycles. The van der Waals surface area contributed by atoms with Gasteiger partial charge in [0.05, 0.1) is 16.8 Å². The third-order valence-corrected chi connectivity index (χ3v) is 5.88. The van der Waals surface area contributed by atoms with Crippen LogP contribution < -0.4 is 0 Å². The fourth-order valence-electron chi connectivity index (χ4n) is 3.80. The molecule has 1 aliphatic carbocycles. The van der Waals surface area contributed by atoms with E-state index in [0.29, 0.717) is 46.6 Å². The average Bonchev–Trinajstić information content (AvgIpc) is 3.10. The smallest absolute Gasteiger partial charge is 0.259 e. The zero-order valence-corrected chi connectivity index (χ0v) is 16.3. The third-order valence-electron chi connectivity index (χ3n) is 5.55. The summed E-state index contributed by atoms with van der Waals surface area (Å²) in [5, 5.41) is 13.2. The van der Waals surface area contributed by atoms with Crippen molar-refractivity contribution in [2.24, 2.45) is 0 Å². The number of carbonyl (C=O) groups excluding carboxylic acids is 1. The molecule has 8 heteroatoms. The lowest BCUT2D eigenvalue weighted by Gasteiger charge is -2.16. The van der Waals surface area contributed by atoms with Crippen LogP contribution in [0, 0.1) is 6.92 Å². The quantitative estimate of drug-likeness (QED) is 0.668. The summed E-state index contributed by atoms with van der Waals surface area (Å²) in [5.74, 6) is 0.990. The summed E-state index contributed by atoms with van der Waals surface area (Å²) in [4.78, 5) is 15.1. The second kappa shape index (κ2) is 6.74. The minimum absolute atomic E-state index is 0.0845. The third kappa shape index (κ3) is 2.99. The second-order valence-electron chi connectivity index (χ2n) is 7.53. The first-order chi connectivity index (χ1) is 13.6. The predicted octanol–water partition coefficient (Wildman–Crippen LogP) is 3.86. The van der Waals surface area contributed by atoms with Gasteiger partial charge < -0.3 is 9.42 Å². The van der Waals surface area contributed by atoms with E-state index in [1.54, 1.807) is 13.0 Å². The minimum atomic E-state index is -0.0845. The predicted molar refractivity (Wildman–Crippen MR) is 103 cm³/mol. The summed E-state index contributed by atoms with van der Waals surface area (Å²) >= 11 is 6.32. The van der Waals surface area contributed by atoms with Gasteiger partial charge in [0, 0.05) is 30.8 Å². The maximum atomic E-state index is 13.3. The van der Waals surface area contributed by atoms with E-state index >= 15 is 0 Å². The summed E-state index contributed by atoms with van der Waals surface area (Å²) in [5.41, 5.74) is 2.74. The fourth-order valence-corrected chi connectivity index (χ4v) is 4.02. The molecule has 2 aliphatic rings. The lowest BCUT2D eigenvalue weighted by atomic mass is 10.1. The Labute approximate surface area is 167 Å². The molecule has 28 heavy (non-hydrogen) atoms. The normalized spacial score (nSPS) is 19.4. The van der Waals surface area contributed by atoms with Gasteiger partial charge in [0.25, 0.3) is 5.91 Å². The summed E-state index contributed by atoms with van der Waals surface area (Å²) < 4.78 is 7.26. The van der Waals surface area contributed by atoms with Crippen LogP contribution in [0.2, 0.25) is 5.02 Å². The Morgan fingerprint density at radius 1 is 1.25 bits per heavy atom. The summed E-state index contributed by atoms with van der Waals surface area (Å²) in [6.45, 7) is 3.01. The summed E-state index contributed by atoms with van der Waals surface area (Å²) in [7, 11) is 0. The van der Waals surface area contributed by atoms with E-state index in [4.69, 9.17) is 16.1 Å². The maximum absolute atomic E-state index is 13.3. The van der Waals surface area contributed by atoms with Crippen LogP contribution in [-0.4, -0.2) is 44.0 Å². The highest BCUT2D eigenvalue weighted by Gasteiger charge is 2.34. The van der Waals surface area contributed by atoms with Crippen molar-refractivity contribution in [3.05, 3.63) is 52.5 Å². The number of halogens is 1. The molecule has 5 rings (SSSR count). The lowest BCUT2D eigenvalue weighted by Crippen LogP contribution is -2.29. The van der Waals surface area contributed by atoms with E-state index < -0.39 is 0 Å². The van der Waals surface area contributed by atoms with Gasteiger partial charge in [-0.3, -0.25) is 4.79 Å². The number of rotatable bonds is 4. The molecule has 0 spiro atoms. The summed E-state index contributed by atoms with van der Waals surface area (Å²) in [6, 6.07) is 7.49. The second-order valence-corrected chi connectivity index (χ2v) is 7.94. The Morgan fingerprint density at radius 2 is 2.07 bits per heavy atom. The highest BCUT2D eigenvalue weighted by molar-refractivity contribution is 6.33. The first-order valence-corrected chi connectivity index (χ1v) is 9.92. The zero-order chi connectivity index (χ0) is 19.3. The van der Waals surface area contributed by atoms with Crippen LogP contribution in [0.3, 0.4) is 0 Å². The van der Waals surface area contributed by atoms with Gasteiger partial charge in [-0.25, -0.2) is 4.68 Å². The molecule has 1 atom stereocenters. The molecular formula is C20H20ClN5O2. The number of amides is 1. The van der Waals surface area contributed by atoms with Crippen LogP contribution in [0.15, 0.2) is 35.0 Å². The van der Waals surface area contributed by atoms with Gasteiger partial charge in [0.2, 0.25) is 0 Å². The SMILES string of the molecule is Cc1onc(-c2ccccc2Cl)c1C(=O)N1CC[C@H](n2cc(C3CC3)nn2)C1. The molecule has 1 saturated heterocycles. The van der Waals surface area contributed by atoms with Crippen molar-refractivity contribution in [1.29, 1.82) is 0 Å². The van der Waals surface area contributed by atoms with E-state index in [9.17, 15) is 4.79 Å². The topological polar surface area (TPSA) is 77.0 Å². The molecule has 0 radical (unpaired) electrons. The van der Waals surface area contributed by atoms with E-state index in [0.717, 1.165) is 12.1 Å². The monoisotopic (exact) mass is 397 g/mol. The van der Waals surface area contributed by atoms with E-state index in [-0.39, 0.29) is 11.9 Å². The highest BCUT2D eigenvalue weighted by Crippen LogP contribution is 2.39. The molecule has 0 unspecified atom stereocenters. The van der Waals surface area contributed by atoms with Gasteiger partial charge in [0.15, 0.2) is 0 Å². The number of benzene rings is 1. The number of nitrogens with zero attached hydrogens (tertiary/aromatic N) is 5. The van der Waals surface area contributed by atoms with Crippen molar-refractivity contribution in [3.8, 4) is 11.3 Å². The van der Waals surface area contributed by atoms with Crippen molar-refractivity contribution in [2.75, 3.05) is 13.1 Å². The largest absolute Gasteiger partial charge is 0.360 e. The van der Waals surface area contributed by atoms with Crippen LogP contribution >= 0.6 is 11.6 Å². The molecule has 3 heterocycles. The van der Waals surface area contributed by atoms with Crippen molar-refractivity contribution < 1.29 is 9.32 Å². The Morgan fingerprint density at radius 3 is 2.86 bits per heavy atom. The number of aromatic nitrogens is 4. The molecule has 0 N–H and O–H groups in total. The Kier molecular flexibility index (Phi) is 4.19. The molecule has 0 bridgehead atoms. The van der Waals surface area contributed by atoms with Gasteiger partial charge in [-0.1, -0.05) is 40.2 Å². The number of likely N-dealkylation sites (tertiary alicyclic amines) is 1. The van der Waals surface area contributed by atoms with Crippen molar-refractivity contribution >= 4 is 17.5 Å². The van der Waals surface area contributed by atoms with E-state index in [2.05, 4.69) is 15.5 Å². The molecule has 7 nitrogen and oxygen atoms in total. The van der Waals surface area contributed by atoms with E-state index in [1.165, 1.54) is 12.8 Å². The average molecular weight is 398 g/mol. The zero-order valence-electron chi connectivity index (χ0n) is 15.5. The van der Waals surface area contributed by atoms with Crippen LogP contribution in [0.25, 0.3) is 11.3 Å². The van der Waals surface area contributed by atoms with Crippen molar-refractivity contribution in [2.45, 2.75) is 38.1 Å². The molecule has 1 aromatic carbocycles. The van der Waals surface area contributed by atoms with Crippen LogP contribution in [-0.2, 0) is 0 Å². The van der Waals surface area contributed by atoms with Gasteiger partial charge in [-0.2, -0.15) is 0 Å². The van der Waals surface area contributed by atoms with Crippen LogP contribution in [0.5, 0.6) is 0 Å². The lowest BCUT2D eigenvalue weighted by molar-refractivity contribution is 0.0786. The van der Waals surface area contributed by atoms with Gasteiger partial charge in [0.1, 0.15) is 17.0 Å². The first-order valence-electron chi connectivity index (χ1n) is 9.54. The van der Waals surface area contributed by atoms with Gasteiger partial charge in [-0.05, 0) is 32.3 Å². The molecule has 3 aromatic rings. The minimum Gasteiger partial charge on any atom is -0.360 e. The van der Waals surface area contributed by atoms with Crippen LogP contribution in [0.4, 0.5) is 0 Å².